The molecule has 5 nitrogen and oxygen atoms in total. The van der Waals surface area contributed by atoms with Gasteiger partial charge < -0.3 is 15.2 Å². The second kappa shape index (κ2) is 7.78. The SMILES string of the molecule is CCOC(=O)CC(C)NC(=O)c1cc(-c2ccc(O)cc2)cs1. The largest absolute Gasteiger partial charge is 0.508 e. The molecule has 1 amide bonds. The molecule has 2 N–H and O–H groups in total. The molecule has 6 heteroatoms. The van der Waals surface area contributed by atoms with Gasteiger partial charge in [0.25, 0.3) is 5.91 Å². The number of nitrogens with one attached hydrogen (secondary N) is 1. The smallest absolute Gasteiger partial charge is 0.307 e. The summed E-state index contributed by atoms with van der Waals surface area (Å²) in [6.45, 7) is 3.85. The standard InChI is InChI=1S/C17H19NO4S/c1-3-22-16(20)8-11(2)18-17(21)15-9-13(10-23-15)12-4-6-14(19)7-5-12/h4-7,9-11,19H,3,8H2,1-2H3,(H,18,21). The second-order valence-corrected chi connectivity index (χ2v) is 6.04. The van der Waals surface area contributed by atoms with Crippen LogP contribution < -0.4 is 5.32 Å². The van der Waals surface area contributed by atoms with Gasteiger partial charge in [-0.2, -0.15) is 0 Å². The molecule has 0 radical (unpaired) electrons. The highest BCUT2D eigenvalue weighted by molar-refractivity contribution is 7.12. The van der Waals surface area contributed by atoms with Crippen LogP contribution in [0.25, 0.3) is 11.1 Å². The van der Waals surface area contributed by atoms with Crippen molar-refractivity contribution in [3.8, 4) is 16.9 Å². The minimum Gasteiger partial charge on any atom is -0.508 e. The van der Waals surface area contributed by atoms with Gasteiger partial charge in [0, 0.05) is 6.04 Å². The summed E-state index contributed by atoms with van der Waals surface area (Å²) in [5.41, 5.74) is 1.84. The van der Waals surface area contributed by atoms with Crippen LogP contribution in [0.3, 0.4) is 0 Å². The fourth-order valence-corrected chi connectivity index (χ4v) is 2.90. The maximum absolute atomic E-state index is 12.2. The number of amides is 1. The highest BCUT2D eigenvalue weighted by atomic mass is 32.1. The number of thiophene rings is 1. The minimum atomic E-state index is -0.323. The van der Waals surface area contributed by atoms with Gasteiger partial charge in [-0.3, -0.25) is 9.59 Å². The molecular weight excluding hydrogens is 314 g/mol. The predicted molar refractivity (Wildman–Crippen MR) is 89.6 cm³/mol. The molecular formula is C17H19NO4S. The molecule has 1 atom stereocenters. The van der Waals surface area contributed by atoms with Crippen LogP contribution in [0.4, 0.5) is 0 Å². The van der Waals surface area contributed by atoms with Crippen molar-refractivity contribution in [2.45, 2.75) is 26.3 Å². The Labute approximate surface area is 138 Å². The van der Waals surface area contributed by atoms with Gasteiger partial charge in [0.1, 0.15) is 5.75 Å². The molecule has 2 aromatic rings. The Bertz CT molecular complexity index is 678. The molecule has 0 saturated carbocycles. The molecule has 1 unspecified atom stereocenters. The fourth-order valence-electron chi connectivity index (χ4n) is 2.08. The molecule has 1 aromatic carbocycles. The van der Waals surface area contributed by atoms with Gasteiger partial charge in [0.15, 0.2) is 0 Å². The summed E-state index contributed by atoms with van der Waals surface area (Å²) in [6.07, 6.45) is 0.149. The predicted octanol–water partition coefficient (Wildman–Crippen LogP) is 3.19. The molecule has 0 bridgehead atoms. The lowest BCUT2D eigenvalue weighted by molar-refractivity contribution is -0.143. The molecule has 23 heavy (non-hydrogen) atoms. The number of phenolic OH excluding ortho intramolecular Hbond substituents is 1. The number of carbonyl (C=O) groups is 2. The van der Waals surface area contributed by atoms with Gasteiger partial charge >= 0.3 is 5.97 Å². The highest BCUT2D eigenvalue weighted by Crippen LogP contribution is 2.27. The third kappa shape index (κ3) is 4.82. The van der Waals surface area contributed by atoms with Crippen molar-refractivity contribution in [2.75, 3.05) is 6.61 Å². The molecule has 0 aliphatic carbocycles. The molecule has 0 aliphatic rings. The van der Waals surface area contributed by atoms with Crippen LogP contribution >= 0.6 is 11.3 Å². The first-order valence-corrected chi connectivity index (χ1v) is 8.22. The van der Waals surface area contributed by atoms with E-state index in [4.69, 9.17) is 4.74 Å². The third-order valence-electron chi connectivity index (χ3n) is 3.18. The number of rotatable bonds is 6. The Morgan fingerprint density at radius 2 is 1.96 bits per heavy atom. The molecule has 122 valence electrons. The molecule has 2 rings (SSSR count). The van der Waals surface area contributed by atoms with E-state index in [0.717, 1.165) is 11.1 Å². The van der Waals surface area contributed by atoms with Gasteiger partial charge in [-0.1, -0.05) is 12.1 Å². The molecule has 0 aliphatic heterocycles. The maximum Gasteiger partial charge on any atom is 0.307 e. The van der Waals surface area contributed by atoms with Crippen molar-refractivity contribution in [3.63, 3.8) is 0 Å². The van der Waals surface area contributed by atoms with Crippen LogP contribution in [0.1, 0.15) is 29.9 Å². The second-order valence-electron chi connectivity index (χ2n) is 5.13. The van der Waals surface area contributed by atoms with Crippen molar-refractivity contribution in [1.82, 2.24) is 5.32 Å². The van der Waals surface area contributed by atoms with Crippen molar-refractivity contribution in [1.29, 1.82) is 0 Å². The van der Waals surface area contributed by atoms with Gasteiger partial charge in [-0.15, -0.1) is 11.3 Å². The average Bonchev–Trinajstić information content (AvgIpc) is 2.98. The monoisotopic (exact) mass is 333 g/mol. The first-order valence-electron chi connectivity index (χ1n) is 7.34. The summed E-state index contributed by atoms with van der Waals surface area (Å²) >= 11 is 1.34. The fraction of sp³-hybridized carbons (Fsp3) is 0.294. The Balaban J connectivity index is 1.98. The van der Waals surface area contributed by atoms with E-state index >= 15 is 0 Å². The maximum atomic E-state index is 12.2. The summed E-state index contributed by atoms with van der Waals surface area (Å²) in [6, 6.07) is 8.30. The van der Waals surface area contributed by atoms with E-state index in [1.165, 1.54) is 11.3 Å². The molecule has 1 heterocycles. The number of phenols is 1. The van der Waals surface area contributed by atoms with Crippen molar-refractivity contribution >= 4 is 23.2 Å². The highest BCUT2D eigenvalue weighted by Gasteiger charge is 2.15. The van der Waals surface area contributed by atoms with Crippen LogP contribution in [-0.2, 0) is 9.53 Å². The number of aromatic hydroxyl groups is 1. The normalized spacial score (nSPS) is 11.7. The Hall–Kier alpha value is -2.34. The Kier molecular flexibility index (Phi) is 5.76. The van der Waals surface area contributed by atoms with Crippen LogP contribution in [0.15, 0.2) is 35.7 Å². The van der Waals surface area contributed by atoms with Crippen LogP contribution in [-0.4, -0.2) is 29.6 Å². The van der Waals surface area contributed by atoms with Crippen molar-refractivity contribution in [3.05, 3.63) is 40.6 Å². The third-order valence-corrected chi connectivity index (χ3v) is 4.11. The van der Waals surface area contributed by atoms with Gasteiger partial charge in [0.2, 0.25) is 0 Å². The Morgan fingerprint density at radius 1 is 1.26 bits per heavy atom. The van der Waals surface area contributed by atoms with Crippen LogP contribution in [0.2, 0.25) is 0 Å². The van der Waals surface area contributed by atoms with E-state index in [2.05, 4.69) is 5.32 Å². The van der Waals surface area contributed by atoms with E-state index in [1.807, 2.05) is 5.38 Å². The molecule has 0 spiro atoms. The zero-order chi connectivity index (χ0) is 16.8. The van der Waals surface area contributed by atoms with E-state index in [0.29, 0.717) is 11.5 Å². The number of esters is 1. The van der Waals surface area contributed by atoms with Crippen molar-refractivity contribution in [2.24, 2.45) is 0 Å². The van der Waals surface area contributed by atoms with E-state index < -0.39 is 0 Å². The van der Waals surface area contributed by atoms with E-state index in [1.54, 1.807) is 44.2 Å². The lowest BCUT2D eigenvalue weighted by atomic mass is 10.1. The summed E-state index contributed by atoms with van der Waals surface area (Å²) < 4.78 is 4.86. The average molecular weight is 333 g/mol. The quantitative estimate of drug-likeness (QED) is 0.796. The first kappa shape index (κ1) is 17.0. The van der Waals surface area contributed by atoms with Gasteiger partial charge in [-0.05, 0) is 48.6 Å². The topological polar surface area (TPSA) is 75.6 Å². The van der Waals surface area contributed by atoms with E-state index in [-0.39, 0.29) is 30.1 Å². The summed E-state index contributed by atoms with van der Waals surface area (Å²) in [7, 11) is 0. The van der Waals surface area contributed by atoms with E-state index in [9.17, 15) is 14.7 Å². The summed E-state index contributed by atoms with van der Waals surface area (Å²) in [5, 5.41) is 14.0. The number of benzene rings is 1. The number of hydrogen-bond donors (Lipinski definition) is 2. The lowest BCUT2D eigenvalue weighted by Crippen LogP contribution is -2.34. The number of hydrogen-bond acceptors (Lipinski definition) is 5. The lowest BCUT2D eigenvalue weighted by Gasteiger charge is -2.12. The number of ether oxygens (including phenoxy) is 1. The first-order chi connectivity index (χ1) is 11.0. The molecule has 1 aromatic heterocycles. The van der Waals surface area contributed by atoms with Crippen LogP contribution in [0.5, 0.6) is 5.75 Å². The Morgan fingerprint density at radius 3 is 2.61 bits per heavy atom. The molecule has 0 fully saturated rings. The minimum absolute atomic E-state index is 0.149. The zero-order valence-corrected chi connectivity index (χ0v) is 13.9. The van der Waals surface area contributed by atoms with Gasteiger partial charge in [-0.25, -0.2) is 0 Å². The molecule has 0 saturated heterocycles. The van der Waals surface area contributed by atoms with Crippen LogP contribution in [0, 0.1) is 0 Å². The van der Waals surface area contributed by atoms with Gasteiger partial charge in [0.05, 0.1) is 17.9 Å². The zero-order valence-electron chi connectivity index (χ0n) is 13.0. The van der Waals surface area contributed by atoms with Crippen molar-refractivity contribution < 1.29 is 19.4 Å². The summed E-state index contributed by atoms with van der Waals surface area (Å²) in [4.78, 5) is 24.2. The summed E-state index contributed by atoms with van der Waals surface area (Å²) in [5.74, 6) is -0.331. The number of carbonyl (C=O) groups excluding carboxylic acids is 2.